The Morgan fingerprint density at radius 3 is 2.46 bits per heavy atom. The van der Waals surface area contributed by atoms with Gasteiger partial charge < -0.3 is 14.4 Å². The van der Waals surface area contributed by atoms with E-state index in [1.54, 1.807) is 71.9 Å². The number of halogens is 1. The minimum atomic E-state index is -1.01. The van der Waals surface area contributed by atoms with E-state index in [1.165, 1.54) is 11.3 Å². The van der Waals surface area contributed by atoms with Crippen LogP contribution in [0, 0.1) is 6.92 Å². The average molecular weight is 590 g/mol. The van der Waals surface area contributed by atoms with E-state index < -0.39 is 12.0 Å². The molecule has 1 N–H and O–H groups in total. The predicted octanol–water partition coefficient (Wildman–Crippen LogP) is 5.02. The van der Waals surface area contributed by atoms with Crippen LogP contribution in [0.25, 0.3) is 17.4 Å². The van der Waals surface area contributed by atoms with Crippen LogP contribution in [0.5, 0.6) is 0 Å². The summed E-state index contributed by atoms with van der Waals surface area (Å²) in [7, 11) is 0. The van der Waals surface area contributed by atoms with E-state index in [0.29, 0.717) is 61.4 Å². The number of rotatable bonds is 7. The molecule has 2 aromatic heterocycles. The van der Waals surface area contributed by atoms with Gasteiger partial charge in [-0.25, -0.2) is 9.79 Å². The Hall–Kier alpha value is -4.21. The van der Waals surface area contributed by atoms with Crippen molar-refractivity contribution in [2.24, 2.45) is 4.99 Å². The maximum absolute atomic E-state index is 13.9. The van der Waals surface area contributed by atoms with Crippen molar-refractivity contribution in [2.45, 2.75) is 33.7 Å². The zero-order valence-corrected chi connectivity index (χ0v) is 24.5. The molecule has 0 saturated heterocycles. The number of carboxylic acids is 1. The number of nitrogens with zero attached hydrogens (tertiary/aromatic N) is 3. The van der Waals surface area contributed by atoms with Crippen LogP contribution in [0.3, 0.4) is 0 Å². The lowest BCUT2D eigenvalue weighted by atomic mass is 9.94. The summed E-state index contributed by atoms with van der Waals surface area (Å²) >= 11 is 7.38. The summed E-state index contributed by atoms with van der Waals surface area (Å²) in [5.74, 6) is -0.253. The third kappa shape index (κ3) is 5.18. The molecule has 0 saturated carbocycles. The molecule has 1 aliphatic heterocycles. The van der Waals surface area contributed by atoms with Gasteiger partial charge in [-0.1, -0.05) is 47.2 Å². The maximum atomic E-state index is 13.9. The highest BCUT2D eigenvalue weighted by atomic mass is 35.5. The smallest absolute Gasteiger partial charge is 0.335 e. The second-order valence-corrected chi connectivity index (χ2v) is 11.0. The highest BCUT2D eigenvalue weighted by Gasteiger charge is 2.34. The van der Waals surface area contributed by atoms with Crippen molar-refractivity contribution < 1.29 is 19.1 Å². The van der Waals surface area contributed by atoms with Gasteiger partial charge >= 0.3 is 5.97 Å². The van der Waals surface area contributed by atoms with Crippen LogP contribution >= 0.6 is 22.9 Å². The number of carbonyl (C=O) groups is 2. The van der Waals surface area contributed by atoms with Gasteiger partial charge in [-0.05, 0) is 69.2 Å². The van der Waals surface area contributed by atoms with Gasteiger partial charge in [-0.15, -0.1) is 0 Å². The third-order valence-corrected chi connectivity index (χ3v) is 8.45. The molecular weight excluding hydrogens is 562 g/mol. The Kier molecular flexibility index (Phi) is 7.84. The Labute approximate surface area is 245 Å². The number of furan rings is 1. The molecule has 0 aliphatic carbocycles. The molecule has 3 heterocycles. The number of carbonyl (C=O) groups excluding carboxylic acids is 1. The van der Waals surface area contributed by atoms with Crippen molar-refractivity contribution in [3.63, 3.8) is 0 Å². The standard InChI is InChI=1S/C31H28ClN3O5S/c1-5-34(6-2)29(37)26-18(4)33-31-35(27(26)19-10-12-20(32)13-11-19)28(36)25(41-31)16-21-14-15-24(40-21)22-8-7-9-23(17(22)3)30(38)39/h7-16,27H,5-6H2,1-4H3,(H,38,39)/b25-16-. The van der Waals surface area contributed by atoms with E-state index in [4.69, 9.17) is 16.0 Å². The molecule has 10 heteroatoms. The summed E-state index contributed by atoms with van der Waals surface area (Å²) in [4.78, 5) is 46.0. The molecule has 0 radical (unpaired) electrons. The van der Waals surface area contributed by atoms with Gasteiger partial charge in [0.2, 0.25) is 0 Å². The highest BCUT2D eigenvalue weighted by Crippen LogP contribution is 2.32. The van der Waals surface area contributed by atoms with Crippen LogP contribution < -0.4 is 14.9 Å². The van der Waals surface area contributed by atoms with Gasteiger partial charge in [0.25, 0.3) is 11.5 Å². The van der Waals surface area contributed by atoms with Crippen molar-refractivity contribution in [3.8, 4) is 11.3 Å². The maximum Gasteiger partial charge on any atom is 0.335 e. The van der Waals surface area contributed by atoms with Gasteiger partial charge in [0.15, 0.2) is 4.80 Å². The van der Waals surface area contributed by atoms with Crippen LogP contribution in [0.1, 0.15) is 54.1 Å². The molecule has 0 bridgehead atoms. The summed E-state index contributed by atoms with van der Waals surface area (Å²) in [6.45, 7) is 8.42. The average Bonchev–Trinajstić information content (AvgIpc) is 3.53. The third-order valence-electron chi connectivity index (χ3n) is 7.22. The van der Waals surface area contributed by atoms with Crippen LogP contribution in [0.15, 0.2) is 80.1 Å². The number of likely N-dealkylation sites (N-methyl/N-ethyl adjacent to an activating group) is 1. The molecule has 0 spiro atoms. The minimum Gasteiger partial charge on any atom is -0.478 e. The molecule has 41 heavy (non-hydrogen) atoms. The lowest BCUT2D eigenvalue weighted by molar-refractivity contribution is -0.127. The van der Waals surface area contributed by atoms with Gasteiger partial charge in [-0.2, -0.15) is 0 Å². The van der Waals surface area contributed by atoms with Crippen molar-refractivity contribution in [1.29, 1.82) is 0 Å². The molecule has 210 valence electrons. The lowest BCUT2D eigenvalue weighted by Gasteiger charge is -2.29. The molecular formula is C31H28ClN3O5S. The number of aromatic carboxylic acids is 1. The number of hydrogen-bond donors (Lipinski definition) is 1. The van der Waals surface area contributed by atoms with Crippen molar-refractivity contribution >= 4 is 40.9 Å². The summed E-state index contributed by atoms with van der Waals surface area (Å²) < 4.78 is 7.99. The lowest BCUT2D eigenvalue weighted by Crippen LogP contribution is -2.43. The molecule has 1 unspecified atom stereocenters. The molecule has 4 aromatic rings. The summed E-state index contributed by atoms with van der Waals surface area (Å²) in [5.41, 5.74) is 2.90. The van der Waals surface area contributed by atoms with Crippen molar-refractivity contribution in [2.75, 3.05) is 13.1 Å². The second-order valence-electron chi connectivity index (χ2n) is 9.60. The Morgan fingerprint density at radius 2 is 1.80 bits per heavy atom. The number of benzene rings is 2. The Bertz CT molecular complexity index is 1880. The Morgan fingerprint density at radius 1 is 1.10 bits per heavy atom. The number of fused-ring (bicyclic) bond motifs is 1. The van der Waals surface area contributed by atoms with E-state index in [1.807, 2.05) is 26.0 Å². The number of allylic oxidation sites excluding steroid dienone is 1. The molecule has 1 aliphatic rings. The van der Waals surface area contributed by atoms with E-state index in [9.17, 15) is 19.5 Å². The summed E-state index contributed by atoms with van der Waals surface area (Å²) in [6.07, 6.45) is 1.65. The van der Waals surface area contributed by atoms with Gasteiger partial charge in [0, 0.05) is 29.8 Å². The molecule has 5 rings (SSSR count). The number of thiazole rings is 1. The number of hydrogen-bond acceptors (Lipinski definition) is 6. The van der Waals surface area contributed by atoms with Crippen molar-refractivity contribution in [3.05, 3.63) is 113 Å². The van der Waals surface area contributed by atoms with Gasteiger partial charge in [-0.3, -0.25) is 14.2 Å². The zero-order chi connectivity index (χ0) is 29.4. The summed E-state index contributed by atoms with van der Waals surface area (Å²) in [6, 6.07) is 15.0. The van der Waals surface area contributed by atoms with E-state index >= 15 is 0 Å². The SMILES string of the molecule is CCN(CC)C(=O)C1=C(C)N=c2s/c(=C\c3ccc(-c4cccc(C(=O)O)c4C)o3)c(=O)n2C1c1ccc(Cl)cc1. The van der Waals surface area contributed by atoms with Gasteiger partial charge in [0.1, 0.15) is 11.5 Å². The van der Waals surface area contributed by atoms with E-state index in [0.717, 1.165) is 5.56 Å². The Balaban J connectivity index is 1.64. The quantitative estimate of drug-likeness (QED) is 0.326. The van der Waals surface area contributed by atoms with Gasteiger partial charge in [0.05, 0.1) is 27.4 Å². The summed E-state index contributed by atoms with van der Waals surface area (Å²) in [5, 5.41) is 10.0. The second kappa shape index (κ2) is 11.3. The first-order chi connectivity index (χ1) is 19.6. The molecule has 1 amide bonds. The fraction of sp³-hybridized carbons (Fsp3) is 0.226. The predicted molar refractivity (Wildman–Crippen MR) is 159 cm³/mol. The van der Waals surface area contributed by atoms with Crippen molar-refractivity contribution in [1.82, 2.24) is 9.47 Å². The molecule has 8 nitrogen and oxygen atoms in total. The van der Waals surface area contributed by atoms with Crippen LogP contribution in [0.2, 0.25) is 5.02 Å². The van der Waals surface area contributed by atoms with Crippen LogP contribution in [0.4, 0.5) is 0 Å². The number of carboxylic acid groups (broad SMARTS) is 1. The first-order valence-corrected chi connectivity index (χ1v) is 14.3. The fourth-order valence-electron chi connectivity index (χ4n) is 5.08. The molecule has 2 aromatic carbocycles. The monoisotopic (exact) mass is 589 g/mol. The molecule has 1 atom stereocenters. The fourth-order valence-corrected chi connectivity index (χ4v) is 6.23. The minimum absolute atomic E-state index is 0.167. The van der Waals surface area contributed by atoms with E-state index in [-0.39, 0.29) is 17.0 Å². The van der Waals surface area contributed by atoms with E-state index in [2.05, 4.69) is 4.99 Å². The normalized spacial score (nSPS) is 15.0. The first-order valence-electron chi connectivity index (χ1n) is 13.1. The highest BCUT2D eigenvalue weighted by molar-refractivity contribution is 7.07. The topological polar surface area (TPSA) is 105 Å². The largest absolute Gasteiger partial charge is 0.478 e. The van der Waals surface area contributed by atoms with Crippen LogP contribution in [-0.4, -0.2) is 39.5 Å². The van der Waals surface area contributed by atoms with Crippen LogP contribution in [-0.2, 0) is 4.79 Å². The first kappa shape index (κ1) is 28.3. The number of amides is 1. The number of aromatic nitrogens is 1. The zero-order valence-electron chi connectivity index (χ0n) is 23.0. The molecule has 0 fully saturated rings.